The summed E-state index contributed by atoms with van der Waals surface area (Å²) in [5.41, 5.74) is 5.54. The van der Waals surface area contributed by atoms with Gasteiger partial charge in [0.2, 0.25) is 0 Å². The molecule has 0 saturated heterocycles. The molecule has 0 fully saturated rings. The van der Waals surface area contributed by atoms with Gasteiger partial charge in [0.25, 0.3) is 5.91 Å². The van der Waals surface area contributed by atoms with Gasteiger partial charge in [-0.15, -0.1) is 0 Å². The molecule has 0 radical (unpaired) electrons. The molecule has 0 unspecified atom stereocenters. The van der Waals surface area contributed by atoms with Gasteiger partial charge in [-0.05, 0) is 115 Å². The number of carbonyl (C=O) groups excluding carboxylic acids is 1. The maximum Gasteiger partial charge on any atom is 0.255 e. The van der Waals surface area contributed by atoms with Crippen molar-refractivity contribution in [1.82, 2.24) is 19.2 Å². The quantitative estimate of drug-likeness (QED) is 0.188. The van der Waals surface area contributed by atoms with Crippen molar-refractivity contribution < 1.29 is 4.79 Å². The number of hydrogen-bond acceptors (Lipinski definition) is 7. The molecule has 2 aromatic carbocycles. The van der Waals surface area contributed by atoms with Gasteiger partial charge in [-0.2, -0.15) is 0 Å². The zero-order chi connectivity index (χ0) is 29.9. The van der Waals surface area contributed by atoms with E-state index >= 15 is 0 Å². The lowest BCUT2D eigenvalue weighted by atomic mass is 10.0. The molecule has 41 heavy (non-hydrogen) atoms. The van der Waals surface area contributed by atoms with E-state index < -0.39 is 0 Å². The number of hydrogen-bond donors (Lipinski definition) is 1. The summed E-state index contributed by atoms with van der Waals surface area (Å²) < 4.78 is 4.21. The van der Waals surface area contributed by atoms with Gasteiger partial charge in [0, 0.05) is 59.0 Å². The van der Waals surface area contributed by atoms with Gasteiger partial charge in [-0.25, -0.2) is 4.31 Å². The number of benzene rings is 2. The number of amides is 1. The number of aryl methyl sites for hydroxylation is 1. The van der Waals surface area contributed by atoms with Crippen LogP contribution in [0.15, 0.2) is 67.0 Å². The Morgan fingerprint density at radius 2 is 1.76 bits per heavy atom. The predicted octanol–water partition coefficient (Wildman–Crippen LogP) is 7.81. The molecule has 2 heterocycles. The number of anilines is 2. The Morgan fingerprint density at radius 3 is 2.39 bits per heavy atom. The second-order valence-electron chi connectivity index (χ2n) is 10.1. The van der Waals surface area contributed by atoms with Crippen molar-refractivity contribution >= 4 is 51.9 Å². The number of nitrogens with one attached hydrogen (secondary N) is 1. The molecule has 0 saturated carbocycles. The van der Waals surface area contributed by atoms with E-state index in [1.54, 1.807) is 36.7 Å². The van der Waals surface area contributed by atoms with Crippen LogP contribution in [0.25, 0.3) is 22.2 Å². The molecule has 2 aromatic heterocycles. The minimum absolute atomic E-state index is 0.173. The fourth-order valence-electron chi connectivity index (χ4n) is 4.22. The zero-order valence-electron chi connectivity index (χ0n) is 25.1. The average molecular weight is 593 g/mol. The summed E-state index contributed by atoms with van der Waals surface area (Å²) in [7, 11) is 8.23. The predicted molar refractivity (Wildman–Crippen MR) is 177 cm³/mol. The number of halogens is 1. The first-order chi connectivity index (χ1) is 19.6. The summed E-state index contributed by atoms with van der Waals surface area (Å²) in [6.45, 7) is 8.34. The molecule has 4 aromatic rings. The highest BCUT2D eigenvalue weighted by Crippen LogP contribution is 2.33. The van der Waals surface area contributed by atoms with Gasteiger partial charge in [0.1, 0.15) is 0 Å². The van der Waals surface area contributed by atoms with Crippen LogP contribution in [-0.2, 0) is 0 Å². The molecule has 0 aliphatic carbocycles. The summed E-state index contributed by atoms with van der Waals surface area (Å²) in [6.07, 6.45) is 6.09. The van der Waals surface area contributed by atoms with Crippen molar-refractivity contribution in [3.63, 3.8) is 0 Å². The van der Waals surface area contributed by atoms with Crippen LogP contribution >= 0.6 is 23.7 Å². The molecule has 0 atom stereocenters. The first-order valence-corrected chi connectivity index (χ1v) is 14.9. The van der Waals surface area contributed by atoms with Crippen LogP contribution in [0.4, 0.5) is 11.4 Å². The number of rotatable bonds is 10. The number of nitrogens with zero attached hydrogens (tertiary/aromatic N) is 5. The first kappa shape index (κ1) is 32.3. The summed E-state index contributed by atoms with van der Waals surface area (Å²) in [4.78, 5) is 24.3. The Hall–Kier alpha value is -3.17. The van der Waals surface area contributed by atoms with Crippen LogP contribution in [0.1, 0.15) is 42.6 Å². The van der Waals surface area contributed by atoms with Gasteiger partial charge in [0.05, 0.1) is 16.2 Å². The number of pyridine rings is 2. The monoisotopic (exact) mass is 592 g/mol. The smallest absolute Gasteiger partial charge is 0.255 e. The lowest BCUT2D eigenvalue weighted by Gasteiger charge is -2.25. The second-order valence-corrected chi connectivity index (χ2v) is 11.9. The standard InChI is InChI=1S/C26H26ClN5OS.C6H15N/c1-5-32(34-31(3)4)19-9-10-20(17(2)15-19)26(33)30-18-8-11-23(27)22(16-18)25-21-7-6-13-28-24(21)12-14-29-25;1-4-5-6-7(2)3/h6-16H,5H2,1-4H3,(H,30,33);4-6H2,1-3H3. The van der Waals surface area contributed by atoms with Crippen molar-refractivity contribution in [2.75, 3.05) is 50.9 Å². The third-order valence-electron chi connectivity index (χ3n) is 6.26. The Labute approximate surface area is 254 Å². The summed E-state index contributed by atoms with van der Waals surface area (Å²) in [6, 6.07) is 17.0. The SMILES string of the molecule is CCCCN(C)C.CCN(SN(C)C)c1ccc(C(=O)Nc2ccc(Cl)c(-c3nccc4ncccc34)c2)c(C)c1. The van der Waals surface area contributed by atoms with E-state index in [-0.39, 0.29) is 5.91 Å². The lowest BCUT2D eigenvalue weighted by Crippen LogP contribution is -2.20. The molecule has 0 aliphatic heterocycles. The molecule has 0 bridgehead atoms. The molecule has 1 amide bonds. The molecule has 4 rings (SSSR count). The third kappa shape index (κ3) is 9.16. The van der Waals surface area contributed by atoms with Crippen LogP contribution in [0.5, 0.6) is 0 Å². The Kier molecular flexibility index (Phi) is 12.4. The molecule has 7 nitrogen and oxygen atoms in total. The van der Waals surface area contributed by atoms with Crippen LogP contribution in [-0.4, -0.2) is 66.4 Å². The minimum Gasteiger partial charge on any atom is -0.322 e. The van der Waals surface area contributed by atoms with E-state index in [0.717, 1.165) is 40.0 Å². The van der Waals surface area contributed by atoms with Gasteiger partial charge in [-0.1, -0.05) is 24.9 Å². The normalized spacial score (nSPS) is 11.0. The van der Waals surface area contributed by atoms with E-state index in [2.05, 4.69) is 52.4 Å². The zero-order valence-corrected chi connectivity index (χ0v) is 26.7. The fraction of sp³-hybridized carbons (Fsp3) is 0.344. The molecular weight excluding hydrogens is 552 g/mol. The van der Waals surface area contributed by atoms with E-state index in [0.29, 0.717) is 16.3 Å². The van der Waals surface area contributed by atoms with Crippen LogP contribution in [0.2, 0.25) is 5.02 Å². The van der Waals surface area contributed by atoms with E-state index in [4.69, 9.17) is 11.6 Å². The van der Waals surface area contributed by atoms with Crippen LogP contribution < -0.4 is 9.62 Å². The van der Waals surface area contributed by atoms with Gasteiger partial charge >= 0.3 is 0 Å². The summed E-state index contributed by atoms with van der Waals surface area (Å²) >= 11 is 8.15. The van der Waals surface area contributed by atoms with Gasteiger partial charge in [0.15, 0.2) is 0 Å². The van der Waals surface area contributed by atoms with E-state index in [1.165, 1.54) is 19.4 Å². The first-order valence-electron chi connectivity index (χ1n) is 13.8. The molecule has 0 aliphatic rings. The highest BCUT2D eigenvalue weighted by Gasteiger charge is 2.15. The number of fused-ring (bicyclic) bond motifs is 1. The highest BCUT2D eigenvalue weighted by molar-refractivity contribution is 7.98. The second kappa shape index (κ2) is 15.7. The highest BCUT2D eigenvalue weighted by atomic mass is 35.5. The minimum atomic E-state index is -0.173. The molecular formula is C32H41ClN6OS. The third-order valence-corrected chi connectivity index (χ3v) is 7.58. The largest absolute Gasteiger partial charge is 0.322 e. The van der Waals surface area contributed by atoms with Crippen molar-refractivity contribution in [2.24, 2.45) is 0 Å². The van der Waals surface area contributed by atoms with Crippen molar-refractivity contribution in [2.45, 2.75) is 33.6 Å². The van der Waals surface area contributed by atoms with E-state index in [1.807, 2.05) is 67.8 Å². The Balaban J connectivity index is 0.000000587. The molecule has 9 heteroatoms. The number of carbonyl (C=O) groups is 1. The summed E-state index contributed by atoms with van der Waals surface area (Å²) in [5.74, 6) is -0.173. The van der Waals surface area contributed by atoms with Crippen molar-refractivity contribution in [3.8, 4) is 11.3 Å². The average Bonchev–Trinajstić information content (AvgIpc) is 2.95. The fourth-order valence-corrected chi connectivity index (χ4v) is 5.14. The van der Waals surface area contributed by atoms with Crippen molar-refractivity contribution in [1.29, 1.82) is 0 Å². The number of aromatic nitrogens is 2. The lowest BCUT2D eigenvalue weighted by molar-refractivity contribution is 0.102. The molecule has 1 N–H and O–H groups in total. The van der Waals surface area contributed by atoms with Crippen LogP contribution in [0, 0.1) is 6.92 Å². The molecule has 0 spiro atoms. The van der Waals surface area contributed by atoms with Crippen LogP contribution in [0.3, 0.4) is 0 Å². The van der Waals surface area contributed by atoms with Crippen molar-refractivity contribution in [3.05, 3.63) is 83.1 Å². The Morgan fingerprint density at radius 1 is 0.976 bits per heavy atom. The van der Waals surface area contributed by atoms with Gasteiger partial charge in [-0.3, -0.25) is 14.8 Å². The topological polar surface area (TPSA) is 64.6 Å². The maximum atomic E-state index is 13.1. The molecule has 218 valence electrons. The summed E-state index contributed by atoms with van der Waals surface area (Å²) in [5, 5.41) is 4.47. The Bertz CT molecular complexity index is 1440. The van der Waals surface area contributed by atoms with E-state index in [9.17, 15) is 4.79 Å². The van der Waals surface area contributed by atoms with Gasteiger partial charge < -0.3 is 14.5 Å². The number of unbranched alkanes of at least 4 members (excludes halogenated alkanes) is 1. The maximum absolute atomic E-state index is 13.1.